The summed E-state index contributed by atoms with van der Waals surface area (Å²) in [5.41, 5.74) is 0.762. The van der Waals surface area contributed by atoms with Gasteiger partial charge < -0.3 is 0 Å². The molecule has 2 aromatic rings. The lowest BCUT2D eigenvalue weighted by molar-refractivity contribution is -0.109. The van der Waals surface area contributed by atoms with E-state index in [4.69, 9.17) is 0 Å². The molecule has 1 N–H and O–H groups in total. The van der Waals surface area contributed by atoms with Gasteiger partial charge >= 0.3 is 0 Å². The van der Waals surface area contributed by atoms with E-state index in [1.165, 1.54) is 6.92 Å². The summed E-state index contributed by atoms with van der Waals surface area (Å²) in [5.74, 6) is -0.328. The lowest BCUT2D eigenvalue weighted by Gasteiger charge is -2.04. The minimum Gasteiger partial charge on any atom is -0.292 e. The average molecular weight is 370 g/mol. The second-order valence-corrected chi connectivity index (χ2v) is 8.58. The van der Waals surface area contributed by atoms with Crippen molar-refractivity contribution in [3.8, 4) is 0 Å². The number of hydrogen-bond acceptors (Lipinski definition) is 7. The molecule has 0 aliphatic carbocycles. The van der Waals surface area contributed by atoms with Crippen LogP contribution in [0, 0.1) is 6.92 Å². The van der Waals surface area contributed by atoms with E-state index in [1.807, 2.05) is 0 Å². The van der Waals surface area contributed by atoms with E-state index in [0.717, 1.165) is 23.1 Å². The number of nitrogens with one attached hydrogen (secondary N) is 1. The number of aromatic nitrogens is 1. The lowest BCUT2D eigenvalue weighted by Crippen LogP contribution is -2.12. The molecule has 23 heavy (non-hydrogen) atoms. The highest BCUT2D eigenvalue weighted by Crippen LogP contribution is 2.25. The Labute approximate surface area is 142 Å². The average Bonchev–Trinajstić information content (AvgIpc) is 2.88. The Balaban J connectivity index is 2.22. The number of carbonyl (C=O) groups is 2. The summed E-state index contributed by atoms with van der Waals surface area (Å²) in [7, 11) is -3.85. The maximum atomic E-state index is 12.3. The smallest absolute Gasteiger partial charge is 0.289 e. The standard InChI is InChI=1S/C14H14N2O4S3/c1-9-13(12(18)8-21-10(2)17)22-14(15-9)23(19,20)16-11-6-4-3-5-7-11/h3-7,16H,8H2,1-2H3. The molecule has 0 aliphatic heterocycles. The summed E-state index contributed by atoms with van der Waals surface area (Å²) in [4.78, 5) is 27.2. The number of nitrogens with zero attached hydrogens (tertiary/aromatic N) is 1. The first-order valence-electron chi connectivity index (χ1n) is 6.51. The van der Waals surface area contributed by atoms with Crippen LogP contribution in [0.25, 0.3) is 0 Å². The number of carbonyl (C=O) groups excluding carboxylic acids is 2. The fraction of sp³-hybridized carbons (Fsp3) is 0.214. The molecule has 0 radical (unpaired) electrons. The van der Waals surface area contributed by atoms with Gasteiger partial charge in [-0.2, -0.15) is 8.42 Å². The van der Waals surface area contributed by atoms with Crippen molar-refractivity contribution in [2.45, 2.75) is 18.2 Å². The molecule has 0 bridgehead atoms. The quantitative estimate of drug-likeness (QED) is 0.786. The number of anilines is 1. The Hall–Kier alpha value is -1.71. The van der Waals surface area contributed by atoms with Gasteiger partial charge in [0.2, 0.25) is 4.34 Å². The van der Waals surface area contributed by atoms with Gasteiger partial charge in [-0.3, -0.25) is 14.3 Å². The van der Waals surface area contributed by atoms with Crippen molar-refractivity contribution in [3.05, 3.63) is 40.9 Å². The Morgan fingerprint density at radius 1 is 1.26 bits per heavy atom. The summed E-state index contributed by atoms with van der Waals surface area (Å²) in [5, 5.41) is -0.167. The van der Waals surface area contributed by atoms with E-state index in [2.05, 4.69) is 9.71 Å². The number of benzene rings is 1. The highest BCUT2D eigenvalue weighted by molar-refractivity contribution is 8.14. The van der Waals surface area contributed by atoms with E-state index >= 15 is 0 Å². The molecule has 6 nitrogen and oxygen atoms in total. The van der Waals surface area contributed by atoms with Crippen LogP contribution in [0.5, 0.6) is 0 Å². The van der Waals surface area contributed by atoms with Gasteiger partial charge in [0, 0.05) is 12.6 Å². The molecule has 1 aromatic carbocycles. The van der Waals surface area contributed by atoms with Crippen LogP contribution < -0.4 is 4.72 Å². The number of Topliss-reactive ketones (excluding diaryl/α,β-unsaturated/α-hetero) is 1. The first-order valence-corrected chi connectivity index (χ1v) is 9.80. The zero-order valence-electron chi connectivity index (χ0n) is 12.4. The van der Waals surface area contributed by atoms with E-state index in [1.54, 1.807) is 37.3 Å². The molecule has 0 atom stereocenters. The van der Waals surface area contributed by atoms with Gasteiger partial charge in [-0.15, -0.1) is 0 Å². The predicted molar refractivity (Wildman–Crippen MR) is 91.6 cm³/mol. The number of sulfonamides is 1. The number of ketones is 1. The van der Waals surface area contributed by atoms with Crippen LogP contribution in [-0.4, -0.2) is 30.1 Å². The molecule has 0 saturated carbocycles. The molecule has 0 spiro atoms. The minimum absolute atomic E-state index is 0.0238. The molecule has 1 heterocycles. The lowest BCUT2D eigenvalue weighted by atomic mass is 10.3. The maximum Gasteiger partial charge on any atom is 0.289 e. The molecular formula is C14H14N2O4S3. The molecule has 9 heteroatoms. The fourth-order valence-electron chi connectivity index (χ4n) is 1.68. The van der Waals surface area contributed by atoms with Gasteiger partial charge in [-0.25, -0.2) is 4.98 Å². The molecule has 0 aliphatic rings. The number of hydrogen-bond donors (Lipinski definition) is 1. The van der Waals surface area contributed by atoms with E-state index < -0.39 is 10.0 Å². The van der Waals surface area contributed by atoms with Crippen LogP contribution in [0.4, 0.5) is 5.69 Å². The molecule has 0 unspecified atom stereocenters. The Morgan fingerprint density at radius 2 is 1.91 bits per heavy atom. The van der Waals surface area contributed by atoms with Crippen molar-refractivity contribution < 1.29 is 18.0 Å². The van der Waals surface area contributed by atoms with Gasteiger partial charge in [0.15, 0.2) is 10.9 Å². The van der Waals surface area contributed by atoms with Crippen LogP contribution >= 0.6 is 23.1 Å². The van der Waals surface area contributed by atoms with Gasteiger partial charge in [-0.1, -0.05) is 41.3 Å². The molecule has 0 amide bonds. The van der Waals surface area contributed by atoms with Crippen molar-refractivity contribution in [1.82, 2.24) is 4.98 Å². The van der Waals surface area contributed by atoms with Gasteiger partial charge in [0.1, 0.15) is 0 Å². The Morgan fingerprint density at radius 3 is 2.52 bits per heavy atom. The second kappa shape index (κ2) is 7.24. The van der Waals surface area contributed by atoms with Crippen molar-refractivity contribution >= 4 is 49.7 Å². The monoisotopic (exact) mass is 370 g/mol. The number of thioether (sulfide) groups is 1. The van der Waals surface area contributed by atoms with Crippen LogP contribution in [-0.2, 0) is 14.8 Å². The third kappa shape index (κ3) is 4.63. The van der Waals surface area contributed by atoms with Crippen LogP contribution in [0.3, 0.4) is 0 Å². The normalized spacial score (nSPS) is 11.2. The fourth-order valence-corrected chi connectivity index (χ4v) is 4.59. The molecule has 1 aromatic heterocycles. The second-order valence-electron chi connectivity index (χ2n) is 4.57. The van der Waals surface area contributed by atoms with E-state index in [0.29, 0.717) is 11.4 Å². The number of aryl methyl sites for hydroxylation is 1. The summed E-state index contributed by atoms with van der Waals surface area (Å²) < 4.78 is 26.9. The Kier molecular flexibility index (Phi) is 5.55. The van der Waals surface area contributed by atoms with Crippen LogP contribution in [0.1, 0.15) is 22.3 Å². The molecule has 0 fully saturated rings. The molecule has 0 saturated heterocycles. The number of thiazole rings is 1. The van der Waals surface area contributed by atoms with Gasteiger partial charge in [0.05, 0.1) is 16.3 Å². The molecule has 2 rings (SSSR count). The van der Waals surface area contributed by atoms with Crippen LogP contribution in [0.2, 0.25) is 0 Å². The van der Waals surface area contributed by atoms with E-state index in [9.17, 15) is 18.0 Å². The van der Waals surface area contributed by atoms with E-state index in [-0.39, 0.29) is 25.9 Å². The summed E-state index contributed by atoms with van der Waals surface area (Å²) >= 11 is 1.70. The summed E-state index contributed by atoms with van der Waals surface area (Å²) in [6.45, 7) is 2.95. The van der Waals surface area contributed by atoms with Crippen molar-refractivity contribution in [3.63, 3.8) is 0 Å². The van der Waals surface area contributed by atoms with Crippen molar-refractivity contribution in [2.75, 3.05) is 10.5 Å². The zero-order valence-corrected chi connectivity index (χ0v) is 14.8. The SMILES string of the molecule is CC(=O)SCC(=O)c1sc(S(=O)(=O)Nc2ccccc2)nc1C. The first kappa shape index (κ1) is 17.6. The number of para-hydroxylation sites is 1. The van der Waals surface area contributed by atoms with Gasteiger partial charge in [-0.05, 0) is 19.1 Å². The van der Waals surface area contributed by atoms with Crippen molar-refractivity contribution in [1.29, 1.82) is 0 Å². The van der Waals surface area contributed by atoms with Crippen molar-refractivity contribution in [2.24, 2.45) is 0 Å². The Bertz CT molecular complexity index is 829. The highest BCUT2D eigenvalue weighted by atomic mass is 32.2. The minimum atomic E-state index is -3.85. The highest BCUT2D eigenvalue weighted by Gasteiger charge is 2.24. The molecule has 122 valence electrons. The summed E-state index contributed by atoms with van der Waals surface area (Å²) in [6.07, 6.45) is 0. The third-order valence-corrected chi connectivity index (χ3v) is 6.46. The zero-order chi connectivity index (χ0) is 17.0. The topological polar surface area (TPSA) is 93.2 Å². The first-order chi connectivity index (χ1) is 10.8. The maximum absolute atomic E-state index is 12.3. The predicted octanol–water partition coefficient (Wildman–Crippen LogP) is 2.71. The van der Waals surface area contributed by atoms with Gasteiger partial charge in [0.25, 0.3) is 10.0 Å². The number of rotatable bonds is 6. The third-order valence-electron chi connectivity index (χ3n) is 2.69. The summed E-state index contributed by atoms with van der Waals surface area (Å²) in [6, 6.07) is 8.42. The molecular weight excluding hydrogens is 356 g/mol. The van der Waals surface area contributed by atoms with Crippen LogP contribution in [0.15, 0.2) is 34.7 Å². The largest absolute Gasteiger partial charge is 0.292 e.